The number of aliphatic hydroxyl groups is 1. The highest BCUT2D eigenvalue weighted by atomic mass is 16.3. The van der Waals surface area contributed by atoms with Crippen LogP contribution in [0.15, 0.2) is 23.8 Å². The van der Waals surface area contributed by atoms with Gasteiger partial charge in [0.15, 0.2) is 0 Å². The van der Waals surface area contributed by atoms with Crippen LogP contribution in [0.25, 0.3) is 0 Å². The van der Waals surface area contributed by atoms with E-state index in [1.54, 1.807) is 0 Å². The Kier molecular flexibility index (Phi) is 5.62. The molecule has 0 spiro atoms. The second kappa shape index (κ2) is 7.60. The Hall–Kier alpha value is -0.560. The molecule has 0 aromatic heterocycles. The van der Waals surface area contributed by atoms with Crippen LogP contribution in [-0.2, 0) is 0 Å². The average molecular weight is 385 g/mol. The van der Waals surface area contributed by atoms with Gasteiger partial charge in [-0.05, 0) is 104 Å². The Morgan fingerprint density at radius 1 is 1.04 bits per heavy atom. The highest BCUT2D eigenvalue weighted by Crippen LogP contribution is 2.66. The van der Waals surface area contributed by atoms with E-state index in [0.29, 0.717) is 22.7 Å². The Morgan fingerprint density at radius 3 is 2.50 bits per heavy atom. The monoisotopic (exact) mass is 384 g/mol. The van der Waals surface area contributed by atoms with Crippen molar-refractivity contribution in [1.29, 1.82) is 0 Å². The summed E-state index contributed by atoms with van der Waals surface area (Å²) < 4.78 is 0. The zero-order valence-electron chi connectivity index (χ0n) is 19.1. The first-order valence-electron chi connectivity index (χ1n) is 12.3. The second-order valence-corrected chi connectivity index (χ2v) is 11.8. The van der Waals surface area contributed by atoms with Gasteiger partial charge < -0.3 is 5.11 Å². The van der Waals surface area contributed by atoms with Crippen LogP contribution in [0, 0.1) is 46.3 Å². The number of rotatable bonds is 4. The summed E-state index contributed by atoms with van der Waals surface area (Å²) in [7, 11) is 0. The smallest absolute Gasteiger partial charge is 0.0543 e. The molecule has 0 radical (unpaired) electrons. The average Bonchev–Trinajstić information content (AvgIpc) is 2.99. The first kappa shape index (κ1) is 20.7. The van der Waals surface area contributed by atoms with Gasteiger partial charge in [-0.15, -0.1) is 0 Å². The van der Waals surface area contributed by atoms with Crippen LogP contribution in [0.3, 0.4) is 0 Å². The summed E-state index contributed by atoms with van der Waals surface area (Å²) in [5.74, 6) is 4.65. The summed E-state index contributed by atoms with van der Waals surface area (Å²) in [5.41, 5.74) is 2.80. The zero-order chi connectivity index (χ0) is 20.1. The normalized spacial score (nSPS) is 46.8. The lowest BCUT2D eigenvalue weighted by Crippen LogP contribution is -2.49. The van der Waals surface area contributed by atoms with E-state index in [-0.39, 0.29) is 6.10 Å². The summed E-state index contributed by atoms with van der Waals surface area (Å²) in [6.07, 6.45) is 19.0. The summed E-state index contributed by atoms with van der Waals surface area (Å²) >= 11 is 0. The van der Waals surface area contributed by atoms with Crippen molar-refractivity contribution in [2.45, 2.75) is 98.5 Å². The molecule has 8 atom stereocenters. The molecule has 1 nitrogen and oxygen atoms in total. The van der Waals surface area contributed by atoms with Gasteiger partial charge in [0.25, 0.3) is 0 Å². The number of hydrogen-bond acceptors (Lipinski definition) is 1. The Labute approximate surface area is 174 Å². The summed E-state index contributed by atoms with van der Waals surface area (Å²) in [6, 6.07) is 0. The van der Waals surface area contributed by atoms with Gasteiger partial charge in [0.05, 0.1) is 6.10 Å². The molecule has 158 valence electrons. The molecule has 3 saturated carbocycles. The maximum Gasteiger partial charge on any atom is 0.0543 e. The van der Waals surface area contributed by atoms with E-state index in [9.17, 15) is 5.11 Å². The first-order valence-corrected chi connectivity index (χ1v) is 12.3. The molecule has 4 aliphatic carbocycles. The lowest BCUT2D eigenvalue weighted by atomic mass is 9.47. The molecular formula is C27H44O. The van der Waals surface area contributed by atoms with Crippen LogP contribution < -0.4 is 0 Å². The van der Waals surface area contributed by atoms with Gasteiger partial charge in [-0.3, -0.25) is 0 Å². The molecule has 1 heteroatoms. The molecule has 0 aromatic carbocycles. The summed E-state index contributed by atoms with van der Waals surface area (Å²) in [6.45, 7) is 12.3. The number of hydrogen-bond donors (Lipinski definition) is 1. The van der Waals surface area contributed by atoms with Crippen LogP contribution in [0.5, 0.6) is 0 Å². The fourth-order valence-electron chi connectivity index (χ4n) is 8.09. The summed E-state index contributed by atoms with van der Waals surface area (Å²) in [5, 5.41) is 10.2. The van der Waals surface area contributed by atoms with Crippen molar-refractivity contribution in [1.82, 2.24) is 0 Å². The predicted molar refractivity (Wildman–Crippen MR) is 119 cm³/mol. The molecule has 1 N–H and O–H groups in total. The highest BCUT2D eigenvalue weighted by Gasteiger charge is 2.57. The topological polar surface area (TPSA) is 20.2 Å². The van der Waals surface area contributed by atoms with Gasteiger partial charge in [-0.2, -0.15) is 0 Å². The second-order valence-electron chi connectivity index (χ2n) is 11.8. The largest absolute Gasteiger partial charge is 0.393 e. The molecule has 4 aliphatic rings. The fourth-order valence-corrected chi connectivity index (χ4v) is 8.09. The maximum absolute atomic E-state index is 10.2. The van der Waals surface area contributed by atoms with E-state index in [4.69, 9.17) is 0 Å². The van der Waals surface area contributed by atoms with Crippen LogP contribution in [0.2, 0.25) is 0 Å². The van der Waals surface area contributed by atoms with Gasteiger partial charge >= 0.3 is 0 Å². The van der Waals surface area contributed by atoms with Crippen LogP contribution in [0.4, 0.5) is 0 Å². The van der Waals surface area contributed by atoms with E-state index in [2.05, 4.69) is 52.8 Å². The van der Waals surface area contributed by atoms with Gasteiger partial charge in [-0.1, -0.05) is 58.4 Å². The van der Waals surface area contributed by atoms with Gasteiger partial charge in [0, 0.05) is 0 Å². The van der Waals surface area contributed by atoms with E-state index in [1.807, 2.05) is 5.57 Å². The van der Waals surface area contributed by atoms with E-state index >= 15 is 0 Å². The lowest BCUT2D eigenvalue weighted by molar-refractivity contribution is -0.0414. The van der Waals surface area contributed by atoms with E-state index in [0.717, 1.165) is 36.5 Å². The molecular weight excluding hydrogens is 340 g/mol. The quantitative estimate of drug-likeness (QED) is 0.510. The minimum atomic E-state index is -0.0452. The third kappa shape index (κ3) is 3.34. The molecule has 28 heavy (non-hydrogen) atoms. The number of allylic oxidation sites excluding steroid dienone is 4. The minimum absolute atomic E-state index is 0.0452. The Morgan fingerprint density at radius 2 is 1.75 bits per heavy atom. The van der Waals surface area contributed by atoms with Crippen molar-refractivity contribution in [3.8, 4) is 0 Å². The van der Waals surface area contributed by atoms with E-state index < -0.39 is 0 Å². The lowest BCUT2D eigenvalue weighted by Gasteiger charge is -2.57. The third-order valence-corrected chi connectivity index (χ3v) is 9.81. The van der Waals surface area contributed by atoms with Crippen molar-refractivity contribution in [2.75, 3.05) is 0 Å². The van der Waals surface area contributed by atoms with Crippen LogP contribution in [0.1, 0.15) is 92.4 Å². The van der Waals surface area contributed by atoms with E-state index in [1.165, 1.54) is 44.9 Å². The first-order chi connectivity index (χ1) is 13.3. The SMILES string of the molecule is CC(C)C/C=C/C(C)C1CCC2C3=CC[C@H]4C[C@@H](O)CCC4(C)C3CCC21C. The molecule has 0 amide bonds. The van der Waals surface area contributed by atoms with Gasteiger partial charge in [0.2, 0.25) is 0 Å². The molecule has 0 heterocycles. The van der Waals surface area contributed by atoms with Gasteiger partial charge in [-0.25, -0.2) is 0 Å². The number of fused-ring (bicyclic) bond motifs is 5. The molecule has 0 bridgehead atoms. The predicted octanol–water partition coefficient (Wildman–Crippen LogP) is 7.16. The molecule has 0 saturated heterocycles. The molecule has 0 aliphatic heterocycles. The van der Waals surface area contributed by atoms with Gasteiger partial charge in [0.1, 0.15) is 0 Å². The summed E-state index contributed by atoms with van der Waals surface area (Å²) in [4.78, 5) is 0. The zero-order valence-corrected chi connectivity index (χ0v) is 19.1. The fraction of sp³-hybridized carbons (Fsp3) is 0.852. The molecule has 3 fully saturated rings. The maximum atomic E-state index is 10.2. The molecule has 6 unspecified atom stereocenters. The molecule has 0 aromatic rings. The molecule has 4 rings (SSSR count). The minimum Gasteiger partial charge on any atom is -0.393 e. The van der Waals surface area contributed by atoms with Crippen LogP contribution >= 0.6 is 0 Å². The third-order valence-electron chi connectivity index (χ3n) is 9.81. The highest BCUT2D eigenvalue weighted by molar-refractivity contribution is 5.28. The van der Waals surface area contributed by atoms with Crippen LogP contribution in [-0.4, -0.2) is 11.2 Å². The van der Waals surface area contributed by atoms with Crippen molar-refractivity contribution < 1.29 is 5.11 Å². The Bertz CT molecular complexity index is 630. The van der Waals surface area contributed by atoms with Crippen molar-refractivity contribution in [3.63, 3.8) is 0 Å². The van der Waals surface area contributed by atoms with Crippen molar-refractivity contribution in [2.24, 2.45) is 46.3 Å². The van der Waals surface area contributed by atoms with Crippen molar-refractivity contribution >= 4 is 0 Å². The Balaban J connectivity index is 1.54. The standard InChI is InChI=1S/C27H44O/c1-18(2)7-6-8-19(3)23-11-12-24-22-10-9-20-17-21(28)13-15-26(20,4)25(22)14-16-27(23,24)5/h6,8,10,18-21,23-25,28H,7,9,11-17H2,1-5H3/b8-6+/t19?,20-,21-,23?,24?,25?,26?,27?/m0/s1. The number of aliphatic hydroxyl groups excluding tert-OH is 1. The van der Waals surface area contributed by atoms with Crippen molar-refractivity contribution in [3.05, 3.63) is 23.8 Å².